The van der Waals surface area contributed by atoms with E-state index in [2.05, 4.69) is 0 Å². The Morgan fingerprint density at radius 1 is 0.812 bits per heavy atom. The number of hydrogen-bond donors (Lipinski definition) is 0. The van der Waals surface area contributed by atoms with E-state index in [4.69, 9.17) is 0 Å². The van der Waals surface area contributed by atoms with Crippen LogP contribution in [-0.4, -0.2) is 5.97 Å². The van der Waals surface area contributed by atoms with Crippen LogP contribution in [-0.2, 0) is 4.79 Å². The Kier molecular flexibility index (Phi) is 5.93. The minimum atomic E-state index is -0.822. The predicted octanol–water partition coefficient (Wildman–Crippen LogP) is -0.873. The first kappa shape index (κ1) is 14.1. The number of carbonyl (C=O) groups is 1. The molecular formula is C13H21LiO2. The van der Waals surface area contributed by atoms with Crippen molar-refractivity contribution in [3.63, 3.8) is 0 Å². The van der Waals surface area contributed by atoms with E-state index in [9.17, 15) is 9.90 Å². The molecule has 0 aromatic rings. The molecule has 0 N–H and O–H groups in total. The van der Waals surface area contributed by atoms with Crippen molar-refractivity contribution >= 4 is 5.97 Å². The normalized spacial score (nSPS) is 31.8. The Bertz CT molecular complexity index is 216. The van der Waals surface area contributed by atoms with Crippen LogP contribution in [0, 0.1) is 17.8 Å². The average molecular weight is 216 g/mol. The second kappa shape index (κ2) is 6.72. The maximum Gasteiger partial charge on any atom is 1.00 e. The summed E-state index contributed by atoms with van der Waals surface area (Å²) < 4.78 is 0. The number of carboxylic acids is 1. The van der Waals surface area contributed by atoms with Crippen LogP contribution in [0.1, 0.15) is 57.8 Å². The SMILES string of the molecule is O=C([O-])C1CCC(C2CCCCC2)CC1.[Li+]. The van der Waals surface area contributed by atoms with Crippen LogP contribution < -0.4 is 24.0 Å². The van der Waals surface area contributed by atoms with Gasteiger partial charge in [0.15, 0.2) is 0 Å². The van der Waals surface area contributed by atoms with Crippen molar-refractivity contribution in [2.24, 2.45) is 17.8 Å². The molecule has 0 unspecified atom stereocenters. The van der Waals surface area contributed by atoms with Gasteiger partial charge in [-0.2, -0.15) is 0 Å². The van der Waals surface area contributed by atoms with Gasteiger partial charge in [-0.25, -0.2) is 0 Å². The van der Waals surface area contributed by atoms with Crippen LogP contribution in [0.3, 0.4) is 0 Å². The van der Waals surface area contributed by atoms with Crippen molar-refractivity contribution in [1.29, 1.82) is 0 Å². The Labute approximate surface area is 110 Å². The molecule has 2 nitrogen and oxygen atoms in total. The van der Waals surface area contributed by atoms with Gasteiger partial charge in [0.25, 0.3) is 0 Å². The van der Waals surface area contributed by atoms with Crippen LogP contribution in [0.4, 0.5) is 0 Å². The van der Waals surface area contributed by atoms with Crippen molar-refractivity contribution in [1.82, 2.24) is 0 Å². The quantitative estimate of drug-likeness (QED) is 0.563. The molecule has 0 saturated heterocycles. The predicted molar refractivity (Wildman–Crippen MR) is 57.0 cm³/mol. The molecule has 0 spiro atoms. The minimum absolute atomic E-state index is 0. The minimum Gasteiger partial charge on any atom is -0.550 e. The first-order valence-corrected chi connectivity index (χ1v) is 6.48. The molecule has 0 amide bonds. The molecule has 86 valence electrons. The third kappa shape index (κ3) is 3.54. The number of carbonyl (C=O) groups excluding carboxylic acids is 1. The summed E-state index contributed by atoms with van der Waals surface area (Å²) in [6.45, 7) is 0. The molecule has 2 saturated carbocycles. The van der Waals surface area contributed by atoms with Crippen LogP contribution in [0.15, 0.2) is 0 Å². The topological polar surface area (TPSA) is 40.1 Å². The molecule has 2 rings (SSSR count). The molecule has 0 aliphatic heterocycles. The van der Waals surface area contributed by atoms with E-state index in [-0.39, 0.29) is 24.8 Å². The number of rotatable bonds is 2. The Balaban J connectivity index is 0.00000128. The van der Waals surface area contributed by atoms with Crippen LogP contribution in [0.5, 0.6) is 0 Å². The van der Waals surface area contributed by atoms with E-state index in [1.807, 2.05) is 0 Å². The Hall–Kier alpha value is 0.0674. The fourth-order valence-corrected chi connectivity index (χ4v) is 3.43. The number of hydrogen-bond acceptors (Lipinski definition) is 2. The summed E-state index contributed by atoms with van der Waals surface area (Å²) in [6.07, 6.45) is 11.0. The van der Waals surface area contributed by atoms with E-state index in [0.29, 0.717) is 0 Å². The molecule has 3 heteroatoms. The fraction of sp³-hybridized carbons (Fsp3) is 0.923. The summed E-state index contributed by atoms with van der Waals surface area (Å²) in [6, 6.07) is 0. The molecule has 0 radical (unpaired) electrons. The maximum absolute atomic E-state index is 10.7. The van der Waals surface area contributed by atoms with Crippen molar-refractivity contribution in [3.8, 4) is 0 Å². The molecule has 0 heterocycles. The molecule has 0 bridgehead atoms. The summed E-state index contributed by atoms with van der Waals surface area (Å²) in [7, 11) is 0. The molecule has 16 heavy (non-hydrogen) atoms. The Morgan fingerprint density at radius 3 is 1.81 bits per heavy atom. The van der Waals surface area contributed by atoms with Crippen molar-refractivity contribution < 1.29 is 28.8 Å². The summed E-state index contributed by atoms with van der Waals surface area (Å²) in [5, 5.41) is 10.7. The molecule has 0 aromatic heterocycles. The molecule has 2 aliphatic rings. The first-order valence-electron chi connectivity index (χ1n) is 6.48. The van der Waals surface area contributed by atoms with E-state index in [1.54, 1.807) is 0 Å². The summed E-state index contributed by atoms with van der Waals surface area (Å²) in [4.78, 5) is 10.7. The largest absolute Gasteiger partial charge is 1.00 e. The monoisotopic (exact) mass is 216 g/mol. The summed E-state index contributed by atoms with van der Waals surface area (Å²) >= 11 is 0. The van der Waals surface area contributed by atoms with E-state index < -0.39 is 5.97 Å². The molecule has 0 aromatic carbocycles. The summed E-state index contributed by atoms with van der Waals surface area (Å²) in [5.74, 6) is 0.754. The average Bonchev–Trinajstić information content (AvgIpc) is 2.30. The van der Waals surface area contributed by atoms with Crippen molar-refractivity contribution in [3.05, 3.63) is 0 Å². The van der Waals surface area contributed by atoms with Gasteiger partial charge in [-0.05, 0) is 43.4 Å². The third-order valence-electron chi connectivity index (χ3n) is 4.42. The van der Waals surface area contributed by atoms with E-state index >= 15 is 0 Å². The van der Waals surface area contributed by atoms with Gasteiger partial charge in [0.05, 0.1) is 0 Å². The van der Waals surface area contributed by atoms with Crippen LogP contribution in [0.25, 0.3) is 0 Å². The summed E-state index contributed by atoms with van der Waals surface area (Å²) in [5.41, 5.74) is 0. The van der Waals surface area contributed by atoms with Gasteiger partial charge in [-0.1, -0.05) is 32.1 Å². The van der Waals surface area contributed by atoms with Gasteiger partial charge in [-0.15, -0.1) is 0 Å². The van der Waals surface area contributed by atoms with Gasteiger partial charge in [0.2, 0.25) is 0 Å². The van der Waals surface area contributed by atoms with E-state index in [1.165, 1.54) is 32.1 Å². The second-order valence-corrected chi connectivity index (χ2v) is 5.33. The maximum atomic E-state index is 10.7. The van der Waals surface area contributed by atoms with Gasteiger partial charge < -0.3 is 9.90 Å². The first-order chi connectivity index (χ1) is 7.27. The number of carboxylic acid groups (broad SMARTS) is 1. The fourth-order valence-electron chi connectivity index (χ4n) is 3.43. The molecule has 2 fully saturated rings. The van der Waals surface area contributed by atoms with Gasteiger partial charge in [-0.3, -0.25) is 0 Å². The molecule has 0 atom stereocenters. The van der Waals surface area contributed by atoms with Gasteiger partial charge in [0, 0.05) is 5.97 Å². The zero-order valence-electron chi connectivity index (χ0n) is 10.4. The zero-order valence-corrected chi connectivity index (χ0v) is 10.4. The van der Waals surface area contributed by atoms with E-state index in [0.717, 1.165) is 37.5 Å². The second-order valence-electron chi connectivity index (χ2n) is 5.33. The molecule has 2 aliphatic carbocycles. The van der Waals surface area contributed by atoms with Gasteiger partial charge in [0.1, 0.15) is 0 Å². The third-order valence-corrected chi connectivity index (χ3v) is 4.42. The smallest absolute Gasteiger partial charge is 0.550 e. The Morgan fingerprint density at radius 2 is 1.31 bits per heavy atom. The zero-order chi connectivity index (χ0) is 10.7. The van der Waals surface area contributed by atoms with Crippen LogP contribution >= 0.6 is 0 Å². The van der Waals surface area contributed by atoms with Crippen molar-refractivity contribution in [2.45, 2.75) is 57.8 Å². The standard InChI is InChI=1S/C13H22O2.Li/c14-13(15)12-8-6-11(7-9-12)10-4-2-1-3-5-10;/h10-12H,1-9H2,(H,14,15);/q;+1/p-1. The van der Waals surface area contributed by atoms with Gasteiger partial charge >= 0.3 is 18.9 Å². The van der Waals surface area contributed by atoms with Crippen LogP contribution in [0.2, 0.25) is 0 Å². The number of aliphatic carboxylic acids is 1. The molecular weight excluding hydrogens is 195 g/mol. The van der Waals surface area contributed by atoms with Crippen molar-refractivity contribution in [2.75, 3.05) is 0 Å².